The number of amides is 1. The third-order valence-electron chi connectivity index (χ3n) is 3.33. The highest BCUT2D eigenvalue weighted by Gasteiger charge is 2.61. The Hall–Kier alpha value is -1.75. The van der Waals surface area contributed by atoms with E-state index in [4.69, 9.17) is 0 Å². The van der Waals surface area contributed by atoms with E-state index in [2.05, 4.69) is 15.9 Å². The average Bonchev–Trinajstić information content (AvgIpc) is 2.46. The zero-order valence-electron chi connectivity index (χ0n) is 10.3. The van der Waals surface area contributed by atoms with Crippen LogP contribution in [0.2, 0.25) is 0 Å². The first-order valence-corrected chi connectivity index (χ1v) is 6.83. The Bertz CT molecular complexity index is 643. The van der Waals surface area contributed by atoms with Crippen LogP contribution in [0.5, 0.6) is 0 Å². The minimum Gasteiger partial charge on any atom is -0.297 e. The molecular weight excluding hydrogens is 328 g/mol. The van der Waals surface area contributed by atoms with Crippen molar-refractivity contribution in [2.24, 2.45) is 0 Å². The molecule has 0 N–H and O–H groups in total. The third-order valence-corrected chi connectivity index (χ3v) is 4.10. The van der Waals surface area contributed by atoms with Gasteiger partial charge in [0, 0.05) is 5.69 Å². The highest BCUT2D eigenvalue weighted by Crippen LogP contribution is 2.52. The molecule has 2 aromatic carbocycles. The summed E-state index contributed by atoms with van der Waals surface area (Å²) in [5, 5.41) is 0. The zero-order chi connectivity index (χ0) is 14.3. The number of halogens is 3. The van der Waals surface area contributed by atoms with Gasteiger partial charge in [0.15, 0.2) is 0 Å². The van der Waals surface area contributed by atoms with Crippen LogP contribution in [-0.4, -0.2) is 10.5 Å². The first kappa shape index (κ1) is 13.2. The summed E-state index contributed by atoms with van der Waals surface area (Å²) in [4.78, 5) is 13.3. The van der Waals surface area contributed by atoms with Crippen LogP contribution in [0.15, 0.2) is 54.6 Å². The summed E-state index contributed by atoms with van der Waals surface area (Å²) in [5.41, 5.74) is 1.15. The van der Waals surface area contributed by atoms with Gasteiger partial charge < -0.3 is 0 Å². The van der Waals surface area contributed by atoms with Gasteiger partial charge in [0.25, 0.3) is 10.5 Å². The number of anilines is 1. The van der Waals surface area contributed by atoms with Crippen LogP contribution in [0.4, 0.5) is 14.5 Å². The lowest BCUT2D eigenvalue weighted by molar-refractivity contribution is -0.133. The number of benzene rings is 2. The van der Waals surface area contributed by atoms with Crippen molar-refractivity contribution in [3.63, 3.8) is 0 Å². The summed E-state index contributed by atoms with van der Waals surface area (Å²) in [6, 6.07) is 13.5. The molecule has 0 unspecified atom stereocenters. The number of alkyl halides is 2. The highest BCUT2D eigenvalue weighted by atomic mass is 79.9. The van der Waals surface area contributed by atoms with Gasteiger partial charge in [-0.2, -0.15) is 0 Å². The topological polar surface area (TPSA) is 20.3 Å². The molecule has 1 heterocycles. The minimum absolute atomic E-state index is 0.400. The standard InChI is InChI=1S/C15H10BrF2NO/c16-15(18)13(10-4-2-1-3-5-10)19(14(15)20)12-8-6-11(17)7-9-12/h1-9,13H/t13-,15-/m1/s1. The fraction of sp³-hybridized carbons (Fsp3) is 0.133. The number of rotatable bonds is 2. The van der Waals surface area contributed by atoms with Crippen molar-refractivity contribution in [2.75, 3.05) is 4.90 Å². The Balaban J connectivity index is 2.02. The van der Waals surface area contributed by atoms with E-state index in [0.29, 0.717) is 11.3 Å². The number of carbonyl (C=O) groups is 1. The van der Waals surface area contributed by atoms with E-state index in [1.807, 2.05) is 6.07 Å². The lowest BCUT2D eigenvalue weighted by atomic mass is 9.91. The Morgan fingerprint density at radius 2 is 1.65 bits per heavy atom. The first-order valence-electron chi connectivity index (χ1n) is 6.04. The van der Waals surface area contributed by atoms with E-state index < -0.39 is 22.3 Å². The SMILES string of the molecule is O=C1N(c2ccc(F)cc2)[C@H](c2ccccc2)[C@]1(F)Br. The molecule has 1 saturated heterocycles. The molecule has 0 radical (unpaired) electrons. The molecule has 0 saturated carbocycles. The fourth-order valence-corrected chi connectivity index (χ4v) is 3.01. The molecule has 2 aromatic rings. The van der Waals surface area contributed by atoms with E-state index >= 15 is 0 Å². The molecule has 0 aromatic heterocycles. The molecule has 3 rings (SSSR count). The van der Waals surface area contributed by atoms with Crippen LogP contribution in [0.1, 0.15) is 11.6 Å². The van der Waals surface area contributed by atoms with Gasteiger partial charge in [-0.25, -0.2) is 8.78 Å². The van der Waals surface area contributed by atoms with Gasteiger partial charge in [-0.3, -0.25) is 9.69 Å². The molecule has 1 amide bonds. The second-order valence-electron chi connectivity index (χ2n) is 4.59. The summed E-state index contributed by atoms with van der Waals surface area (Å²) in [6.07, 6.45) is 0. The number of hydrogen-bond donors (Lipinski definition) is 0. The predicted octanol–water partition coefficient (Wildman–Crippen LogP) is 3.97. The smallest absolute Gasteiger partial charge is 0.279 e. The Morgan fingerprint density at radius 3 is 2.25 bits per heavy atom. The van der Waals surface area contributed by atoms with E-state index in [1.165, 1.54) is 29.2 Å². The van der Waals surface area contributed by atoms with Gasteiger partial charge in [0.2, 0.25) is 0 Å². The average molecular weight is 338 g/mol. The van der Waals surface area contributed by atoms with Crippen LogP contribution < -0.4 is 4.90 Å². The van der Waals surface area contributed by atoms with Crippen molar-refractivity contribution in [3.05, 3.63) is 66.0 Å². The molecule has 2 nitrogen and oxygen atoms in total. The fourth-order valence-electron chi connectivity index (χ4n) is 2.35. The van der Waals surface area contributed by atoms with Gasteiger partial charge in [-0.15, -0.1) is 0 Å². The third kappa shape index (κ3) is 1.93. The first-order chi connectivity index (χ1) is 9.51. The predicted molar refractivity (Wildman–Crippen MR) is 75.8 cm³/mol. The molecule has 20 heavy (non-hydrogen) atoms. The maximum Gasteiger partial charge on any atom is 0.279 e. The number of carbonyl (C=O) groups excluding carboxylic acids is 1. The van der Waals surface area contributed by atoms with Gasteiger partial charge in [-0.1, -0.05) is 30.3 Å². The lowest BCUT2D eigenvalue weighted by Crippen LogP contribution is -2.63. The van der Waals surface area contributed by atoms with E-state index in [1.54, 1.807) is 24.3 Å². The Labute approximate surface area is 123 Å². The molecule has 0 bridgehead atoms. The molecule has 1 fully saturated rings. The Kier molecular flexibility index (Phi) is 3.09. The molecule has 1 aliphatic rings. The van der Waals surface area contributed by atoms with E-state index in [-0.39, 0.29) is 0 Å². The number of hydrogen-bond acceptors (Lipinski definition) is 1. The van der Waals surface area contributed by atoms with Crippen LogP contribution >= 0.6 is 15.9 Å². The van der Waals surface area contributed by atoms with Crippen molar-refractivity contribution in [1.82, 2.24) is 0 Å². The van der Waals surface area contributed by atoms with E-state index in [9.17, 15) is 13.6 Å². The second kappa shape index (κ2) is 4.66. The minimum atomic E-state index is -2.12. The molecule has 1 aliphatic heterocycles. The second-order valence-corrected chi connectivity index (χ2v) is 5.74. The Morgan fingerprint density at radius 1 is 1.05 bits per heavy atom. The summed E-state index contributed by atoms with van der Waals surface area (Å²) >= 11 is 2.85. The quantitative estimate of drug-likeness (QED) is 0.599. The number of nitrogens with zero attached hydrogens (tertiary/aromatic N) is 1. The molecule has 102 valence electrons. The van der Waals surface area contributed by atoms with Gasteiger partial charge in [0.1, 0.15) is 11.9 Å². The van der Waals surface area contributed by atoms with Gasteiger partial charge in [-0.05, 0) is 45.8 Å². The van der Waals surface area contributed by atoms with Crippen LogP contribution in [0.25, 0.3) is 0 Å². The largest absolute Gasteiger partial charge is 0.297 e. The molecule has 0 aliphatic carbocycles. The van der Waals surface area contributed by atoms with Crippen molar-refractivity contribution in [1.29, 1.82) is 0 Å². The summed E-state index contributed by atoms with van der Waals surface area (Å²) in [5.74, 6) is -1.08. The van der Waals surface area contributed by atoms with Crippen LogP contribution in [0, 0.1) is 5.82 Å². The summed E-state index contributed by atoms with van der Waals surface area (Å²) < 4.78 is 25.2. The van der Waals surface area contributed by atoms with Gasteiger partial charge in [0.05, 0.1) is 0 Å². The number of β-lactam (4-membered cyclic amide) rings is 1. The molecular formula is C15H10BrF2NO. The van der Waals surface area contributed by atoms with Crippen LogP contribution in [-0.2, 0) is 4.79 Å². The van der Waals surface area contributed by atoms with Crippen LogP contribution in [0.3, 0.4) is 0 Å². The molecule has 2 atom stereocenters. The maximum atomic E-state index is 14.4. The lowest BCUT2D eigenvalue weighted by Gasteiger charge is -2.48. The monoisotopic (exact) mass is 337 g/mol. The molecule has 5 heteroatoms. The summed E-state index contributed by atoms with van der Waals surface area (Å²) in [6.45, 7) is 0. The maximum absolute atomic E-state index is 14.4. The zero-order valence-corrected chi connectivity index (χ0v) is 11.8. The highest BCUT2D eigenvalue weighted by molar-refractivity contribution is 9.10. The summed E-state index contributed by atoms with van der Waals surface area (Å²) in [7, 11) is 0. The van der Waals surface area contributed by atoms with Gasteiger partial charge >= 0.3 is 0 Å². The van der Waals surface area contributed by atoms with Crippen molar-refractivity contribution in [2.45, 2.75) is 10.6 Å². The van der Waals surface area contributed by atoms with Crippen molar-refractivity contribution in [3.8, 4) is 0 Å². The normalized spacial score (nSPS) is 25.4. The molecule has 0 spiro atoms. The van der Waals surface area contributed by atoms with Crippen molar-refractivity contribution >= 4 is 27.5 Å². The van der Waals surface area contributed by atoms with Crippen molar-refractivity contribution < 1.29 is 13.6 Å². The van der Waals surface area contributed by atoms with E-state index in [0.717, 1.165) is 0 Å².